The summed E-state index contributed by atoms with van der Waals surface area (Å²) in [5.74, 6) is -0.418. The SMILES string of the molecule is CCOC(=O)c1c(NC(=O)C(C)Sc2cn(CC)c3ccccc23)sc2c1CCCCC2. The molecule has 1 aliphatic carbocycles. The number of aromatic nitrogens is 1. The Bertz CT molecular complexity index is 1130. The van der Waals surface area contributed by atoms with Crippen LogP contribution in [0, 0.1) is 0 Å². The van der Waals surface area contributed by atoms with Gasteiger partial charge in [0.25, 0.3) is 0 Å². The van der Waals surface area contributed by atoms with E-state index < -0.39 is 0 Å². The van der Waals surface area contributed by atoms with Crippen LogP contribution in [0.5, 0.6) is 0 Å². The molecule has 170 valence electrons. The van der Waals surface area contributed by atoms with Crippen molar-refractivity contribution in [2.24, 2.45) is 0 Å². The van der Waals surface area contributed by atoms with Crippen LogP contribution < -0.4 is 5.32 Å². The highest BCUT2D eigenvalue weighted by molar-refractivity contribution is 8.00. The first-order chi connectivity index (χ1) is 15.5. The number of aryl methyl sites for hydroxylation is 2. The number of carbonyl (C=O) groups is 2. The molecule has 1 unspecified atom stereocenters. The molecule has 0 saturated heterocycles. The molecule has 1 aromatic carbocycles. The summed E-state index contributed by atoms with van der Waals surface area (Å²) in [5, 5.41) is 4.57. The maximum absolute atomic E-state index is 13.2. The Morgan fingerprint density at radius 1 is 1.19 bits per heavy atom. The molecular weight excluding hydrogens is 440 g/mol. The van der Waals surface area contributed by atoms with Crippen molar-refractivity contribution in [2.45, 2.75) is 69.6 Å². The summed E-state index contributed by atoms with van der Waals surface area (Å²) in [7, 11) is 0. The summed E-state index contributed by atoms with van der Waals surface area (Å²) in [5.41, 5.74) is 2.83. The molecule has 0 aliphatic heterocycles. The van der Waals surface area contributed by atoms with Crippen molar-refractivity contribution in [2.75, 3.05) is 11.9 Å². The summed E-state index contributed by atoms with van der Waals surface area (Å²) in [6, 6.07) is 8.28. The Kier molecular flexibility index (Phi) is 7.26. The fourth-order valence-electron chi connectivity index (χ4n) is 4.28. The van der Waals surface area contributed by atoms with E-state index in [4.69, 9.17) is 4.74 Å². The molecule has 1 aliphatic rings. The molecule has 2 heterocycles. The molecule has 4 rings (SSSR count). The van der Waals surface area contributed by atoms with Crippen LogP contribution in [0.1, 0.15) is 60.8 Å². The minimum atomic E-state index is -0.325. The van der Waals surface area contributed by atoms with Gasteiger partial charge in [-0.3, -0.25) is 4.79 Å². The minimum absolute atomic E-state index is 0.0923. The maximum atomic E-state index is 13.2. The fraction of sp³-hybridized carbons (Fsp3) is 0.440. The van der Waals surface area contributed by atoms with E-state index in [2.05, 4.69) is 35.1 Å². The smallest absolute Gasteiger partial charge is 0.341 e. The minimum Gasteiger partial charge on any atom is -0.462 e. The van der Waals surface area contributed by atoms with Gasteiger partial charge in [-0.05, 0) is 58.1 Å². The van der Waals surface area contributed by atoms with Gasteiger partial charge in [0.15, 0.2) is 0 Å². The number of rotatable bonds is 7. The monoisotopic (exact) mass is 470 g/mol. The fourth-order valence-corrected chi connectivity index (χ4v) is 6.59. The van der Waals surface area contributed by atoms with Crippen LogP contribution in [0.25, 0.3) is 10.9 Å². The standard InChI is InChI=1S/C25H30N2O3S2/c1-4-27-15-21(17-11-9-10-13-19(17)27)31-16(3)23(28)26-24-22(25(29)30-5-2)18-12-7-6-8-14-20(18)32-24/h9-11,13,15-16H,4-8,12,14H2,1-3H3,(H,26,28). The predicted octanol–water partition coefficient (Wildman–Crippen LogP) is 6.29. The maximum Gasteiger partial charge on any atom is 0.341 e. The third-order valence-corrected chi connectivity index (χ3v) is 8.26. The van der Waals surface area contributed by atoms with Crippen molar-refractivity contribution in [1.29, 1.82) is 0 Å². The van der Waals surface area contributed by atoms with Gasteiger partial charge in [0, 0.05) is 33.4 Å². The van der Waals surface area contributed by atoms with Crippen molar-refractivity contribution in [3.05, 3.63) is 46.5 Å². The van der Waals surface area contributed by atoms with Crippen LogP contribution >= 0.6 is 23.1 Å². The number of hydrogen-bond donors (Lipinski definition) is 1. The number of thioether (sulfide) groups is 1. The van der Waals surface area contributed by atoms with Crippen molar-refractivity contribution in [3.63, 3.8) is 0 Å². The molecule has 3 aromatic rings. The molecule has 1 atom stereocenters. The summed E-state index contributed by atoms with van der Waals surface area (Å²) >= 11 is 3.10. The molecule has 1 N–H and O–H groups in total. The Balaban J connectivity index is 1.57. The Morgan fingerprint density at radius 3 is 2.75 bits per heavy atom. The first kappa shape index (κ1) is 22.9. The van der Waals surface area contributed by atoms with E-state index in [0.717, 1.165) is 48.1 Å². The number of anilines is 1. The normalized spacial score (nSPS) is 14.6. The second-order valence-corrected chi connectivity index (χ2v) is 10.5. The van der Waals surface area contributed by atoms with Crippen LogP contribution in [0.2, 0.25) is 0 Å². The Morgan fingerprint density at radius 2 is 1.97 bits per heavy atom. The van der Waals surface area contributed by atoms with Crippen LogP contribution in [0.15, 0.2) is 35.4 Å². The zero-order chi connectivity index (χ0) is 22.7. The largest absolute Gasteiger partial charge is 0.462 e. The summed E-state index contributed by atoms with van der Waals surface area (Å²) in [6.45, 7) is 7.05. The number of fused-ring (bicyclic) bond motifs is 2. The lowest BCUT2D eigenvalue weighted by Gasteiger charge is -2.12. The number of amides is 1. The molecule has 0 spiro atoms. The molecule has 0 radical (unpaired) electrons. The highest BCUT2D eigenvalue weighted by Crippen LogP contribution is 2.39. The molecule has 1 amide bonds. The van der Waals surface area contributed by atoms with Crippen molar-refractivity contribution < 1.29 is 14.3 Å². The lowest BCUT2D eigenvalue weighted by Crippen LogP contribution is -2.23. The van der Waals surface area contributed by atoms with E-state index in [1.54, 1.807) is 23.1 Å². The summed E-state index contributed by atoms with van der Waals surface area (Å²) < 4.78 is 7.55. The van der Waals surface area contributed by atoms with Gasteiger partial charge in [-0.1, -0.05) is 24.6 Å². The quantitative estimate of drug-likeness (QED) is 0.250. The van der Waals surface area contributed by atoms with Gasteiger partial charge < -0.3 is 14.6 Å². The highest BCUT2D eigenvalue weighted by Gasteiger charge is 2.28. The molecule has 2 aromatic heterocycles. The van der Waals surface area contributed by atoms with E-state index in [0.29, 0.717) is 17.2 Å². The van der Waals surface area contributed by atoms with Crippen molar-refractivity contribution in [1.82, 2.24) is 4.57 Å². The topological polar surface area (TPSA) is 60.3 Å². The van der Waals surface area contributed by atoms with Gasteiger partial charge in [-0.15, -0.1) is 23.1 Å². The van der Waals surface area contributed by atoms with E-state index in [-0.39, 0.29) is 17.1 Å². The van der Waals surface area contributed by atoms with Crippen LogP contribution in [-0.2, 0) is 28.9 Å². The first-order valence-electron chi connectivity index (χ1n) is 11.4. The van der Waals surface area contributed by atoms with Gasteiger partial charge in [-0.25, -0.2) is 4.79 Å². The first-order valence-corrected chi connectivity index (χ1v) is 13.1. The molecule has 7 heteroatoms. The zero-order valence-electron chi connectivity index (χ0n) is 18.9. The second-order valence-electron chi connectivity index (χ2n) is 8.03. The molecular formula is C25H30N2O3S2. The third kappa shape index (κ3) is 4.59. The number of hydrogen-bond acceptors (Lipinski definition) is 5. The number of ether oxygens (including phenoxy) is 1. The summed E-state index contributed by atoms with van der Waals surface area (Å²) in [4.78, 5) is 28.2. The molecule has 32 heavy (non-hydrogen) atoms. The second kappa shape index (κ2) is 10.1. The molecule has 5 nitrogen and oxygen atoms in total. The number of para-hydroxylation sites is 1. The van der Waals surface area contributed by atoms with Gasteiger partial charge in [0.2, 0.25) is 5.91 Å². The third-order valence-electron chi connectivity index (χ3n) is 5.90. The molecule has 0 bridgehead atoms. The average Bonchev–Trinajstić information content (AvgIpc) is 3.22. The van der Waals surface area contributed by atoms with E-state index >= 15 is 0 Å². The van der Waals surface area contributed by atoms with Crippen LogP contribution in [0.3, 0.4) is 0 Å². The van der Waals surface area contributed by atoms with Gasteiger partial charge in [0.05, 0.1) is 17.4 Å². The molecule has 0 saturated carbocycles. The van der Waals surface area contributed by atoms with Crippen LogP contribution in [0.4, 0.5) is 5.00 Å². The van der Waals surface area contributed by atoms with Gasteiger partial charge >= 0.3 is 5.97 Å². The summed E-state index contributed by atoms with van der Waals surface area (Å²) in [6.07, 6.45) is 7.31. The van der Waals surface area contributed by atoms with Gasteiger partial charge in [0.1, 0.15) is 5.00 Å². The number of thiophene rings is 1. The number of carbonyl (C=O) groups excluding carboxylic acids is 2. The van der Waals surface area contributed by atoms with E-state index in [1.807, 2.05) is 26.0 Å². The Hall–Kier alpha value is -2.25. The number of nitrogens with zero attached hydrogens (tertiary/aromatic N) is 1. The number of nitrogens with one attached hydrogen (secondary N) is 1. The van der Waals surface area contributed by atoms with E-state index in [9.17, 15) is 9.59 Å². The number of benzene rings is 1. The number of esters is 1. The lowest BCUT2D eigenvalue weighted by atomic mass is 10.1. The van der Waals surface area contributed by atoms with Crippen LogP contribution in [-0.4, -0.2) is 28.3 Å². The predicted molar refractivity (Wildman–Crippen MR) is 133 cm³/mol. The zero-order valence-corrected chi connectivity index (χ0v) is 20.5. The van der Waals surface area contributed by atoms with Gasteiger partial charge in [-0.2, -0.15) is 0 Å². The van der Waals surface area contributed by atoms with Crippen molar-refractivity contribution in [3.8, 4) is 0 Å². The molecule has 0 fully saturated rings. The highest BCUT2D eigenvalue weighted by atomic mass is 32.2. The Labute approximate surface area is 197 Å². The van der Waals surface area contributed by atoms with Crippen molar-refractivity contribution >= 4 is 50.9 Å². The van der Waals surface area contributed by atoms with E-state index in [1.165, 1.54) is 16.8 Å². The average molecular weight is 471 g/mol. The lowest BCUT2D eigenvalue weighted by molar-refractivity contribution is -0.115.